The maximum atomic E-state index is 12.2. The first-order valence-electron chi connectivity index (χ1n) is 5.55. The lowest BCUT2D eigenvalue weighted by atomic mass is 9.93. The Bertz CT molecular complexity index is 503. The van der Waals surface area contributed by atoms with Crippen LogP contribution >= 0.6 is 0 Å². The van der Waals surface area contributed by atoms with Gasteiger partial charge in [-0.05, 0) is 24.0 Å². The summed E-state index contributed by atoms with van der Waals surface area (Å²) in [5, 5.41) is 8.78. The number of aliphatic hydroxyl groups excluding tert-OH is 1. The molecule has 2 rings (SSSR count). The van der Waals surface area contributed by atoms with Crippen LogP contribution in [0.1, 0.15) is 26.0 Å². The highest BCUT2D eigenvalue weighted by atomic mass is 32.2. The maximum absolute atomic E-state index is 12.2. The van der Waals surface area contributed by atoms with Crippen molar-refractivity contribution in [2.24, 2.45) is 5.41 Å². The molecule has 1 aliphatic heterocycles. The zero-order chi connectivity index (χ0) is 12.7. The molecule has 0 radical (unpaired) electrons. The fraction of sp³-hybridized carbons (Fsp3) is 0.636. The molecule has 6 heteroatoms. The van der Waals surface area contributed by atoms with Crippen LogP contribution in [0.2, 0.25) is 0 Å². The molecule has 1 fully saturated rings. The Morgan fingerprint density at radius 2 is 2.18 bits per heavy atom. The van der Waals surface area contributed by atoms with Crippen LogP contribution < -0.4 is 0 Å². The first-order chi connectivity index (χ1) is 7.85. The SMILES string of the molecule is CC1(C)CCN(S(=O)(=O)c2ccc(CO)o2)C1. The zero-order valence-electron chi connectivity index (χ0n) is 10.0. The predicted octanol–water partition coefficient (Wildman–Crippen LogP) is 1.19. The van der Waals surface area contributed by atoms with E-state index in [1.165, 1.54) is 16.4 Å². The molecule has 0 spiro atoms. The van der Waals surface area contributed by atoms with Crippen molar-refractivity contribution in [3.63, 3.8) is 0 Å². The van der Waals surface area contributed by atoms with E-state index in [9.17, 15) is 8.42 Å². The van der Waals surface area contributed by atoms with Crippen LogP contribution in [0.4, 0.5) is 0 Å². The van der Waals surface area contributed by atoms with Gasteiger partial charge in [0.25, 0.3) is 10.0 Å². The largest absolute Gasteiger partial charge is 0.446 e. The zero-order valence-corrected chi connectivity index (χ0v) is 10.8. The van der Waals surface area contributed by atoms with Crippen molar-refractivity contribution in [1.82, 2.24) is 4.31 Å². The lowest BCUT2D eigenvalue weighted by molar-refractivity contribution is 0.235. The van der Waals surface area contributed by atoms with Gasteiger partial charge in [0, 0.05) is 13.1 Å². The monoisotopic (exact) mass is 259 g/mol. The van der Waals surface area contributed by atoms with Crippen molar-refractivity contribution in [2.45, 2.75) is 32.0 Å². The second kappa shape index (κ2) is 4.12. The van der Waals surface area contributed by atoms with E-state index >= 15 is 0 Å². The van der Waals surface area contributed by atoms with Crippen LogP contribution in [0.5, 0.6) is 0 Å². The average molecular weight is 259 g/mol. The molecule has 0 saturated carbocycles. The van der Waals surface area contributed by atoms with Gasteiger partial charge < -0.3 is 9.52 Å². The molecule has 0 unspecified atom stereocenters. The topological polar surface area (TPSA) is 70.8 Å². The summed E-state index contributed by atoms with van der Waals surface area (Å²) in [6, 6.07) is 2.88. The lowest BCUT2D eigenvalue weighted by Crippen LogP contribution is -2.30. The Kier molecular flexibility index (Phi) is 3.05. The van der Waals surface area contributed by atoms with E-state index < -0.39 is 10.0 Å². The van der Waals surface area contributed by atoms with Gasteiger partial charge in [0.15, 0.2) is 0 Å². The first-order valence-corrected chi connectivity index (χ1v) is 6.99. The Morgan fingerprint density at radius 1 is 1.47 bits per heavy atom. The molecule has 0 bridgehead atoms. The molecular formula is C11H17NO4S. The molecule has 1 aromatic heterocycles. The summed E-state index contributed by atoms with van der Waals surface area (Å²) in [6.07, 6.45) is 0.847. The van der Waals surface area contributed by atoms with Crippen molar-refractivity contribution in [1.29, 1.82) is 0 Å². The average Bonchev–Trinajstić information content (AvgIpc) is 2.84. The minimum absolute atomic E-state index is 0.0134. The third-order valence-electron chi connectivity index (χ3n) is 3.03. The highest BCUT2D eigenvalue weighted by Crippen LogP contribution is 2.33. The number of furan rings is 1. The van der Waals surface area contributed by atoms with Crippen molar-refractivity contribution < 1.29 is 17.9 Å². The second-order valence-electron chi connectivity index (χ2n) is 5.13. The van der Waals surface area contributed by atoms with E-state index in [-0.39, 0.29) is 22.9 Å². The van der Waals surface area contributed by atoms with Crippen LogP contribution in [0.15, 0.2) is 21.6 Å². The number of nitrogens with zero attached hydrogens (tertiary/aromatic N) is 1. The molecule has 0 aromatic carbocycles. The van der Waals surface area contributed by atoms with E-state index in [1.807, 2.05) is 13.8 Å². The van der Waals surface area contributed by atoms with Crippen LogP contribution in [0.3, 0.4) is 0 Å². The van der Waals surface area contributed by atoms with E-state index in [0.29, 0.717) is 13.1 Å². The van der Waals surface area contributed by atoms with E-state index in [0.717, 1.165) is 6.42 Å². The van der Waals surface area contributed by atoms with Gasteiger partial charge in [0.1, 0.15) is 12.4 Å². The normalized spacial score (nSPS) is 20.9. The Balaban J connectivity index is 2.25. The van der Waals surface area contributed by atoms with Crippen LogP contribution in [0.25, 0.3) is 0 Å². The Hall–Kier alpha value is -0.850. The van der Waals surface area contributed by atoms with Crippen LogP contribution in [0, 0.1) is 5.41 Å². The van der Waals surface area contributed by atoms with Crippen molar-refractivity contribution in [3.05, 3.63) is 17.9 Å². The highest BCUT2D eigenvalue weighted by Gasteiger charge is 2.38. The summed E-state index contributed by atoms with van der Waals surface area (Å²) in [5.74, 6) is 0.266. The molecule has 0 aliphatic carbocycles. The summed E-state index contributed by atoms with van der Waals surface area (Å²) in [7, 11) is -3.54. The summed E-state index contributed by atoms with van der Waals surface area (Å²) in [5.41, 5.74) is 0.0134. The number of sulfonamides is 1. The van der Waals surface area contributed by atoms with Gasteiger partial charge >= 0.3 is 0 Å². The smallest absolute Gasteiger partial charge is 0.276 e. The van der Waals surface area contributed by atoms with Crippen molar-refractivity contribution in [3.8, 4) is 0 Å². The van der Waals surface area contributed by atoms with Gasteiger partial charge in [-0.1, -0.05) is 13.8 Å². The van der Waals surface area contributed by atoms with E-state index in [4.69, 9.17) is 9.52 Å². The molecule has 2 heterocycles. The van der Waals surface area contributed by atoms with Gasteiger partial charge in [-0.25, -0.2) is 8.42 Å². The molecule has 1 aromatic rings. The number of hydrogen-bond donors (Lipinski definition) is 1. The first kappa shape index (κ1) is 12.6. The molecule has 96 valence electrons. The second-order valence-corrected chi connectivity index (χ2v) is 7.00. The quantitative estimate of drug-likeness (QED) is 0.885. The number of hydrogen-bond acceptors (Lipinski definition) is 4. The molecule has 1 saturated heterocycles. The Morgan fingerprint density at radius 3 is 2.65 bits per heavy atom. The fourth-order valence-corrected chi connectivity index (χ4v) is 3.54. The highest BCUT2D eigenvalue weighted by molar-refractivity contribution is 7.89. The minimum atomic E-state index is -3.54. The molecule has 1 N–H and O–H groups in total. The van der Waals surface area contributed by atoms with Crippen molar-refractivity contribution in [2.75, 3.05) is 13.1 Å². The van der Waals surface area contributed by atoms with Crippen LogP contribution in [-0.2, 0) is 16.6 Å². The molecular weight excluding hydrogens is 242 g/mol. The molecule has 17 heavy (non-hydrogen) atoms. The predicted molar refractivity (Wildman–Crippen MR) is 61.8 cm³/mol. The van der Waals surface area contributed by atoms with Crippen LogP contribution in [-0.4, -0.2) is 30.9 Å². The lowest BCUT2D eigenvalue weighted by Gasteiger charge is -2.18. The number of rotatable bonds is 3. The summed E-state index contributed by atoms with van der Waals surface area (Å²) in [6.45, 7) is 4.82. The Labute approximate surface area is 101 Å². The maximum Gasteiger partial charge on any atom is 0.276 e. The minimum Gasteiger partial charge on any atom is -0.446 e. The summed E-state index contributed by atoms with van der Waals surface area (Å²) < 4.78 is 30.9. The molecule has 5 nitrogen and oxygen atoms in total. The third kappa shape index (κ3) is 2.38. The van der Waals surface area contributed by atoms with Gasteiger partial charge in [-0.15, -0.1) is 0 Å². The van der Waals surface area contributed by atoms with Gasteiger partial charge in [-0.3, -0.25) is 0 Å². The van der Waals surface area contributed by atoms with Gasteiger partial charge in [-0.2, -0.15) is 4.31 Å². The third-order valence-corrected chi connectivity index (χ3v) is 4.75. The van der Waals surface area contributed by atoms with Gasteiger partial charge in [0.05, 0.1) is 0 Å². The van der Waals surface area contributed by atoms with Crippen molar-refractivity contribution >= 4 is 10.0 Å². The standard InChI is InChI=1S/C11H17NO4S/c1-11(2)5-6-12(8-11)17(14,15)10-4-3-9(7-13)16-10/h3-4,13H,5-8H2,1-2H3. The fourth-order valence-electron chi connectivity index (χ4n) is 1.98. The van der Waals surface area contributed by atoms with E-state index in [2.05, 4.69) is 0 Å². The summed E-state index contributed by atoms with van der Waals surface area (Å²) >= 11 is 0. The van der Waals surface area contributed by atoms with E-state index in [1.54, 1.807) is 0 Å². The summed E-state index contributed by atoms with van der Waals surface area (Å²) in [4.78, 5) is 0. The molecule has 1 aliphatic rings. The molecule has 0 atom stereocenters. The van der Waals surface area contributed by atoms with Gasteiger partial charge in [0.2, 0.25) is 5.09 Å². The number of aliphatic hydroxyl groups is 1. The molecule has 0 amide bonds.